The number of hydrogen-bond donors (Lipinski definition) is 1. The molecule has 1 atom stereocenters. The number of carbonyl (C=O) groups is 2. The van der Waals surface area contributed by atoms with Crippen LogP contribution in [0.25, 0.3) is 0 Å². The highest BCUT2D eigenvalue weighted by molar-refractivity contribution is 7.99. The molecular formula is C21H30N4O4S2. The van der Waals surface area contributed by atoms with Crippen molar-refractivity contribution in [3.63, 3.8) is 0 Å². The predicted molar refractivity (Wildman–Crippen MR) is 122 cm³/mol. The number of nitrogens with zero attached hydrogens (tertiary/aromatic N) is 3. The zero-order chi connectivity index (χ0) is 22.5. The largest absolute Gasteiger partial charge is 0.462 e. The van der Waals surface area contributed by atoms with E-state index in [-0.39, 0.29) is 30.3 Å². The van der Waals surface area contributed by atoms with Gasteiger partial charge in [0.05, 0.1) is 30.6 Å². The van der Waals surface area contributed by atoms with Crippen molar-refractivity contribution in [1.82, 2.24) is 14.8 Å². The molecule has 2 aromatic rings. The first kappa shape index (κ1) is 23.7. The first-order chi connectivity index (χ1) is 14.8. The molecule has 3 heterocycles. The van der Waals surface area contributed by atoms with Gasteiger partial charge < -0.3 is 19.4 Å². The lowest BCUT2D eigenvalue weighted by atomic mass is 10.1. The highest BCUT2D eigenvalue weighted by Crippen LogP contribution is 2.33. The lowest BCUT2D eigenvalue weighted by molar-refractivity contribution is -0.113. The van der Waals surface area contributed by atoms with Crippen LogP contribution in [0, 0.1) is 13.8 Å². The van der Waals surface area contributed by atoms with Gasteiger partial charge in [0.1, 0.15) is 10.8 Å². The molecule has 3 rings (SSSR count). The second kappa shape index (κ2) is 10.6. The van der Waals surface area contributed by atoms with Crippen molar-refractivity contribution < 1.29 is 19.1 Å². The molecule has 1 aliphatic rings. The molecule has 10 heteroatoms. The van der Waals surface area contributed by atoms with Crippen molar-refractivity contribution in [2.24, 2.45) is 0 Å². The molecule has 0 radical (unpaired) electrons. The summed E-state index contributed by atoms with van der Waals surface area (Å²) in [6.45, 7) is 11.5. The van der Waals surface area contributed by atoms with Crippen molar-refractivity contribution >= 4 is 40.0 Å². The number of thiophene rings is 1. The first-order valence-electron chi connectivity index (χ1n) is 10.6. The number of nitrogens with one attached hydrogen (secondary N) is 1. The van der Waals surface area contributed by atoms with E-state index in [1.54, 1.807) is 6.92 Å². The SMILES string of the molecule is CCOC(=O)c1c(NC(=O)CSc2nnc(C(C)C)n2CC2CCCO2)sc(C)c1C. The van der Waals surface area contributed by atoms with E-state index >= 15 is 0 Å². The Morgan fingerprint density at radius 3 is 2.77 bits per heavy atom. The number of amides is 1. The van der Waals surface area contributed by atoms with Gasteiger partial charge in [-0.25, -0.2) is 4.79 Å². The van der Waals surface area contributed by atoms with Gasteiger partial charge in [0.15, 0.2) is 5.16 Å². The highest BCUT2D eigenvalue weighted by atomic mass is 32.2. The summed E-state index contributed by atoms with van der Waals surface area (Å²) in [5.74, 6) is 0.675. The van der Waals surface area contributed by atoms with Gasteiger partial charge in [-0.2, -0.15) is 0 Å². The maximum absolute atomic E-state index is 12.7. The fourth-order valence-corrected chi connectivity index (χ4v) is 5.27. The molecule has 0 spiro atoms. The molecule has 2 aromatic heterocycles. The summed E-state index contributed by atoms with van der Waals surface area (Å²) in [7, 11) is 0. The van der Waals surface area contributed by atoms with Gasteiger partial charge >= 0.3 is 5.97 Å². The number of rotatable bonds is 9. The van der Waals surface area contributed by atoms with Crippen molar-refractivity contribution in [3.8, 4) is 0 Å². The Balaban J connectivity index is 1.69. The number of aromatic nitrogens is 3. The van der Waals surface area contributed by atoms with Crippen molar-refractivity contribution in [3.05, 3.63) is 21.8 Å². The molecule has 1 saturated heterocycles. The van der Waals surface area contributed by atoms with Crippen LogP contribution in [0.15, 0.2) is 5.16 Å². The Kier molecular flexibility index (Phi) is 8.12. The van der Waals surface area contributed by atoms with E-state index in [0.29, 0.717) is 22.3 Å². The lowest BCUT2D eigenvalue weighted by Gasteiger charge is -2.16. The number of aryl methyl sites for hydroxylation is 1. The molecule has 0 bridgehead atoms. The van der Waals surface area contributed by atoms with Crippen LogP contribution in [0.1, 0.15) is 66.2 Å². The Bertz CT molecular complexity index is 932. The van der Waals surface area contributed by atoms with E-state index in [9.17, 15) is 9.59 Å². The Morgan fingerprint density at radius 1 is 1.35 bits per heavy atom. The second-order valence-electron chi connectivity index (χ2n) is 7.79. The van der Waals surface area contributed by atoms with Crippen LogP contribution >= 0.6 is 23.1 Å². The fourth-order valence-electron chi connectivity index (χ4n) is 3.45. The Morgan fingerprint density at radius 2 is 2.13 bits per heavy atom. The van der Waals surface area contributed by atoms with E-state index < -0.39 is 5.97 Å². The average molecular weight is 467 g/mol. The molecule has 1 aliphatic heterocycles. The molecular weight excluding hydrogens is 436 g/mol. The number of hydrogen-bond acceptors (Lipinski definition) is 8. The molecule has 170 valence electrons. The quantitative estimate of drug-likeness (QED) is 0.438. The zero-order valence-corrected chi connectivity index (χ0v) is 20.3. The van der Waals surface area contributed by atoms with Crippen LogP contribution in [0.2, 0.25) is 0 Å². The van der Waals surface area contributed by atoms with Gasteiger partial charge in [-0.1, -0.05) is 25.6 Å². The average Bonchev–Trinajstić information content (AvgIpc) is 3.42. The van der Waals surface area contributed by atoms with E-state index in [1.807, 2.05) is 13.8 Å². The molecule has 1 fully saturated rings. The second-order valence-corrected chi connectivity index (χ2v) is 9.95. The number of anilines is 1. The van der Waals surface area contributed by atoms with Gasteiger partial charge in [0, 0.05) is 17.4 Å². The third-order valence-electron chi connectivity index (χ3n) is 5.12. The maximum atomic E-state index is 12.7. The third kappa shape index (κ3) is 5.67. The molecule has 1 amide bonds. The summed E-state index contributed by atoms with van der Waals surface area (Å²) in [6.07, 6.45) is 2.25. The molecule has 0 aromatic carbocycles. The van der Waals surface area contributed by atoms with E-state index in [1.165, 1.54) is 23.1 Å². The minimum atomic E-state index is -0.412. The van der Waals surface area contributed by atoms with Gasteiger partial charge in [0.2, 0.25) is 5.91 Å². The molecule has 0 aliphatic carbocycles. The molecule has 31 heavy (non-hydrogen) atoms. The highest BCUT2D eigenvalue weighted by Gasteiger charge is 2.24. The summed E-state index contributed by atoms with van der Waals surface area (Å²) >= 11 is 2.73. The van der Waals surface area contributed by atoms with Crippen molar-refractivity contribution in [2.45, 2.75) is 71.2 Å². The number of esters is 1. The van der Waals surface area contributed by atoms with Crippen LogP contribution in [-0.4, -0.2) is 51.7 Å². The minimum Gasteiger partial charge on any atom is -0.462 e. The first-order valence-corrected chi connectivity index (χ1v) is 12.4. The smallest absolute Gasteiger partial charge is 0.341 e. The molecule has 1 N–H and O–H groups in total. The minimum absolute atomic E-state index is 0.158. The van der Waals surface area contributed by atoms with Gasteiger partial charge in [-0.3, -0.25) is 4.79 Å². The summed E-state index contributed by atoms with van der Waals surface area (Å²) < 4.78 is 13.0. The number of ether oxygens (including phenoxy) is 2. The third-order valence-corrected chi connectivity index (χ3v) is 7.21. The van der Waals surface area contributed by atoms with Crippen LogP contribution < -0.4 is 5.32 Å². The fraction of sp³-hybridized carbons (Fsp3) is 0.619. The summed E-state index contributed by atoms with van der Waals surface area (Å²) in [4.78, 5) is 26.0. The summed E-state index contributed by atoms with van der Waals surface area (Å²) in [6, 6.07) is 0. The molecule has 1 unspecified atom stereocenters. The number of thioether (sulfide) groups is 1. The monoisotopic (exact) mass is 466 g/mol. The lowest BCUT2D eigenvalue weighted by Crippen LogP contribution is -2.19. The van der Waals surface area contributed by atoms with E-state index in [0.717, 1.165) is 35.7 Å². The van der Waals surface area contributed by atoms with Gasteiger partial charge in [-0.15, -0.1) is 21.5 Å². The van der Waals surface area contributed by atoms with Crippen LogP contribution in [0.4, 0.5) is 5.00 Å². The van der Waals surface area contributed by atoms with Gasteiger partial charge in [-0.05, 0) is 39.2 Å². The summed E-state index contributed by atoms with van der Waals surface area (Å²) in [5, 5.41) is 12.8. The van der Waals surface area contributed by atoms with Gasteiger partial charge in [0.25, 0.3) is 0 Å². The Labute approximate surface area is 191 Å². The van der Waals surface area contributed by atoms with Crippen LogP contribution in [-0.2, 0) is 20.8 Å². The standard InChI is InChI=1S/C21H30N4O4S2/c1-6-28-20(27)17-13(4)14(5)31-19(17)22-16(26)11-30-21-24-23-18(12(2)3)25(21)10-15-8-7-9-29-15/h12,15H,6-11H2,1-5H3,(H,22,26). The number of carbonyl (C=O) groups excluding carboxylic acids is 2. The zero-order valence-electron chi connectivity index (χ0n) is 18.7. The molecule has 0 saturated carbocycles. The predicted octanol–water partition coefficient (Wildman–Crippen LogP) is 4.17. The van der Waals surface area contributed by atoms with Crippen molar-refractivity contribution in [2.75, 3.05) is 24.3 Å². The van der Waals surface area contributed by atoms with Crippen LogP contribution in [0.3, 0.4) is 0 Å². The normalized spacial score (nSPS) is 16.1. The van der Waals surface area contributed by atoms with E-state index in [4.69, 9.17) is 9.47 Å². The maximum Gasteiger partial charge on any atom is 0.341 e. The van der Waals surface area contributed by atoms with E-state index in [2.05, 4.69) is 33.9 Å². The molecule has 8 nitrogen and oxygen atoms in total. The summed E-state index contributed by atoms with van der Waals surface area (Å²) in [5.41, 5.74) is 1.27. The Hall–Kier alpha value is -1.91. The van der Waals surface area contributed by atoms with Crippen molar-refractivity contribution in [1.29, 1.82) is 0 Å². The van der Waals surface area contributed by atoms with Crippen LogP contribution in [0.5, 0.6) is 0 Å². The topological polar surface area (TPSA) is 95.3 Å².